The molecule has 3 rings (SSSR count). The first kappa shape index (κ1) is 14.9. The molecular weight excluding hydrogens is 317 g/mol. The average molecular weight is 327 g/mol. The number of nitrogens with zero attached hydrogens (tertiary/aromatic N) is 2. The first-order valence-electron chi connectivity index (χ1n) is 6.63. The van der Waals surface area contributed by atoms with Crippen molar-refractivity contribution in [1.29, 1.82) is 5.26 Å². The second-order valence-corrected chi connectivity index (χ2v) is 5.63. The summed E-state index contributed by atoms with van der Waals surface area (Å²) in [5.41, 5.74) is 1.14. The number of thiazole rings is 1. The fourth-order valence-electron chi connectivity index (χ4n) is 1.88. The first-order chi connectivity index (χ1) is 11.1. The number of rotatable bonds is 4. The molecule has 7 heteroatoms. The molecule has 114 valence electrons. The minimum absolute atomic E-state index is 0.184. The van der Waals surface area contributed by atoms with Crippen LogP contribution in [-0.2, 0) is 4.79 Å². The van der Waals surface area contributed by atoms with E-state index in [-0.39, 0.29) is 18.3 Å². The topological polar surface area (TPSA) is 75.0 Å². The Labute approximate surface area is 135 Å². The zero-order valence-electron chi connectivity index (χ0n) is 11.7. The average Bonchev–Trinajstić information content (AvgIpc) is 2.94. The third kappa shape index (κ3) is 3.62. The van der Waals surface area contributed by atoms with E-state index in [0.29, 0.717) is 26.7 Å². The number of carbonyl (C=O) groups excluding carboxylic acids is 1. The second kappa shape index (κ2) is 6.42. The van der Waals surface area contributed by atoms with Crippen LogP contribution in [0.5, 0.6) is 5.75 Å². The molecule has 0 fully saturated rings. The molecule has 0 radical (unpaired) electrons. The number of hydrogen-bond donors (Lipinski definition) is 1. The summed E-state index contributed by atoms with van der Waals surface area (Å²) < 4.78 is 19.1. The largest absolute Gasteiger partial charge is 0.484 e. The Morgan fingerprint density at radius 2 is 2.09 bits per heavy atom. The summed E-state index contributed by atoms with van der Waals surface area (Å²) >= 11 is 1.19. The number of hydrogen-bond acceptors (Lipinski definition) is 5. The molecular formula is C16H10FN3O2S. The highest BCUT2D eigenvalue weighted by Gasteiger charge is 2.09. The molecule has 1 amide bonds. The predicted molar refractivity (Wildman–Crippen MR) is 84.9 cm³/mol. The zero-order chi connectivity index (χ0) is 16.2. The smallest absolute Gasteiger partial charge is 0.264 e. The summed E-state index contributed by atoms with van der Waals surface area (Å²) in [5.74, 6) is -0.220. The van der Waals surface area contributed by atoms with Crippen LogP contribution in [0, 0.1) is 17.1 Å². The van der Waals surface area contributed by atoms with Crippen molar-refractivity contribution in [3.63, 3.8) is 0 Å². The number of aromatic nitrogens is 1. The third-order valence-electron chi connectivity index (χ3n) is 2.95. The molecule has 0 unspecified atom stereocenters. The Kier molecular flexibility index (Phi) is 4.17. The van der Waals surface area contributed by atoms with Crippen molar-refractivity contribution in [2.24, 2.45) is 0 Å². The molecule has 1 heterocycles. The van der Waals surface area contributed by atoms with Gasteiger partial charge in [-0.25, -0.2) is 9.37 Å². The monoisotopic (exact) mass is 327 g/mol. The summed E-state index contributed by atoms with van der Waals surface area (Å²) in [5, 5.41) is 11.7. The van der Waals surface area contributed by atoms with Gasteiger partial charge in [0.25, 0.3) is 5.91 Å². The van der Waals surface area contributed by atoms with Gasteiger partial charge < -0.3 is 4.74 Å². The van der Waals surface area contributed by atoms with Gasteiger partial charge in [-0.3, -0.25) is 10.1 Å². The van der Waals surface area contributed by atoms with E-state index in [4.69, 9.17) is 10.00 Å². The van der Waals surface area contributed by atoms with Gasteiger partial charge in [-0.05, 0) is 42.5 Å². The minimum atomic E-state index is -0.367. The molecule has 23 heavy (non-hydrogen) atoms. The highest BCUT2D eigenvalue weighted by molar-refractivity contribution is 7.22. The van der Waals surface area contributed by atoms with E-state index in [1.54, 1.807) is 30.3 Å². The van der Waals surface area contributed by atoms with Gasteiger partial charge in [0.1, 0.15) is 11.6 Å². The highest BCUT2D eigenvalue weighted by Crippen LogP contribution is 2.26. The number of benzene rings is 2. The van der Waals surface area contributed by atoms with Gasteiger partial charge in [-0.2, -0.15) is 5.26 Å². The van der Waals surface area contributed by atoms with Gasteiger partial charge in [0.15, 0.2) is 11.7 Å². The molecule has 1 aromatic heterocycles. The first-order valence-corrected chi connectivity index (χ1v) is 7.44. The molecule has 0 aliphatic heterocycles. The molecule has 0 aliphatic carbocycles. The van der Waals surface area contributed by atoms with Crippen molar-refractivity contribution in [2.75, 3.05) is 11.9 Å². The molecule has 0 atom stereocenters. The van der Waals surface area contributed by atoms with Crippen LogP contribution in [0.25, 0.3) is 10.2 Å². The molecule has 1 N–H and O–H groups in total. The molecule has 5 nitrogen and oxygen atoms in total. The standard InChI is InChI=1S/C16H10FN3O2S/c17-11-3-6-13-14(7-11)23-16(19-13)20-15(21)9-22-12-4-1-10(8-18)2-5-12/h1-7H,9H2,(H,19,20,21). The van der Waals surface area contributed by atoms with Crippen molar-refractivity contribution in [3.05, 3.63) is 53.8 Å². The summed E-state index contributed by atoms with van der Waals surface area (Å²) in [7, 11) is 0. The van der Waals surface area contributed by atoms with Crippen LogP contribution >= 0.6 is 11.3 Å². The molecule has 0 spiro atoms. The Bertz CT molecular complexity index is 900. The number of ether oxygens (including phenoxy) is 1. The lowest BCUT2D eigenvalue weighted by Gasteiger charge is -2.05. The number of nitriles is 1. The number of carbonyl (C=O) groups is 1. The van der Waals surface area contributed by atoms with Crippen molar-refractivity contribution in [3.8, 4) is 11.8 Å². The Hall–Kier alpha value is -2.98. The second-order valence-electron chi connectivity index (χ2n) is 4.60. The lowest BCUT2D eigenvalue weighted by molar-refractivity contribution is -0.118. The molecule has 2 aromatic carbocycles. The third-order valence-corrected chi connectivity index (χ3v) is 3.88. The van der Waals surface area contributed by atoms with Crippen molar-refractivity contribution >= 4 is 32.6 Å². The van der Waals surface area contributed by atoms with Gasteiger partial charge in [0.05, 0.1) is 21.8 Å². The molecule has 0 bridgehead atoms. The maximum Gasteiger partial charge on any atom is 0.264 e. The molecule has 0 aliphatic rings. The summed E-state index contributed by atoms with van der Waals surface area (Å²) in [6.45, 7) is -0.184. The molecule has 3 aromatic rings. The van der Waals surface area contributed by atoms with E-state index in [0.717, 1.165) is 0 Å². The fraction of sp³-hybridized carbons (Fsp3) is 0.0625. The van der Waals surface area contributed by atoms with Gasteiger partial charge in [-0.1, -0.05) is 11.3 Å². The van der Waals surface area contributed by atoms with Gasteiger partial charge in [0, 0.05) is 0 Å². The minimum Gasteiger partial charge on any atom is -0.484 e. The van der Waals surface area contributed by atoms with Crippen molar-refractivity contribution in [1.82, 2.24) is 4.98 Å². The summed E-state index contributed by atoms with van der Waals surface area (Å²) in [6, 6.07) is 12.7. The Morgan fingerprint density at radius 3 is 2.83 bits per heavy atom. The predicted octanol–water partition coefficient (Wildman–Crippen LogP) is 3.32. The Balaban J connectivity index is 1.60. The van der Waals surface area contributed by atoms with Crippen LogP contribution in [-0.4, -0.2) is 17.5 Å². The van der Waals surface area contributed by atoms with E-state index in [1.807, 2.05) is 6.07 Å². The summed E-state index contributed by atoms with van der Waals surface area (Å²) in [4.78, 5) is 16.1. The van der Waals surface area contributed by atoms with Crippen LogP contribution in [0.1, 0.15) is 5.56 Å². The maximum absolute atomic E-state index is 13.1. The van der Waals surface area contributed by atoms with Gasteiger partial charge in [-0.15, -0.1) is 0 Å². The van der Waals surface area contributed by atoms with Crippen LogP contribution < -0.4 is 10.1 Å². The van der Waals surface area contributed by atoms with Gasteiger partial charge in [0.2, 0.25) is 0 Å². The van der Waals surface area contributed by atoms with Crippen LogP contribution in [0.3, 0.4) is 0 Å². The molecule has 0 saturated carbocycles. The number of nitrogens with one attached hydrogen (secondary N) is 1. The van der Waals surface area contributed by atoms with E-state index < -0.39 is 0 Å². The normalized spacial score (nSPS) is 10.3. The lowest BCUT2D eigenvalue weighted by Crippen LogP contribution is -2.19. The Morgan fingerprint density at radius 1 is 1.30 bits per heavy atom. The quantitative estimate of drug-likeness (QED) is 0.797. The van der Waals surface area contributed by atoms with E-state index in [9.17, 15) is 9.18 Å². The molecule has 0 saturated heterocycles. The lowest BCUT2D eigenvalue weighted by atomic mass is 10.2. The van der Waals surface area contributed by atoms with Crippen LogP contribution in [0.4, 0.5) is 9.52 Å². The summed E-state index contributed by atoms with van der Waals surface area (Å²) in [6.07, 6.45) is 0. The number of anilines is 1. The maximum atomic E-state index is 13.1. The van der Waals surface area contributed by atoms with E-state index >= 15 is 0 Å². The fourth-order valence-corrected chi connectivity index (χ4v) is 2.79. The SMILES string of the molecule is N#Cc1ccc(OCC(=O)Nc2nc3ccc(F)cc3s2)cc1. The van der Waals surface area contributed by atoms with E-state index in [1.165, 1.54) is 23.5 Å². The number of halogens is 1. The zero-order valence-corrected chi connectivity index (χ0v) is 12.6. The number of fused-ring (bicyclic) bond motifs is 1. The van der Waals surface area contributed by atoms with Gasteiger partial charge >= 0.3 is 0 Å². The van der Waals surface area contributed by atoms with Crippen molar-refractivity contribution in [2.45, 2.75) is 0 Å². The van der Waals surface area contributed by atoms with E-state index in [2.05, 4.69) is 10.3 Å². The van der Waals surface area contributed by atoms with Crippen LogP contribution in [0.2, 0.25) is 0 Å². The van der Waals surface area contributed by atoms with Crippen LogP contribution in [0.15, 0.2) is 42.5 Å². The van der Waals surface area contributed by atoms with Crippen molar-refractivity contribution < 1.29 is 13.9 Å². The number of amides is 1. The highest BCUT2D eigenvalue weighted by atomic mass is 32.1.